The van der Waals surface area contributed by atoms with Gasteiger partial charge in [-0.3, -0.25) is 4.90 Å². The van der Waals surface area contributed by atoms with E-state index in [-0.39, 0.29) is 6.79 Å². The van der Waals surface area contributed by atoms with Gasteiger partial charge in [0.1, 0.15) is 5.75 Å². The Labute approximate surface area is 160 Å². The maximum atomic E-state index is 10.00. The third-order valence-corrected chi connectivity index (χ3v) is 5.25. The maximum Gasteiger partial charge on any atom is 0.231 e. The van der Waals surface area contributed by atoms with Gasteiger partial charge < -0.3 is 19.3 Å². The molecule has 0 aromatic heterocycles. The molecule has 27 heavy (non-hydrogen) atoms. The van der Waals surface area contributed by atoms with E-state index in [9.17, 15) is 5.11 Å². The Balaban J connectivity index is 1.56. The second-order valence-corrected chi connectivity index (χ2v) is 7.49. The van der Waals surface area contributed by atoms with Crippen LogP contribution in [0.5, 0.6) is 17.2 Å². The van der Waals surface area contributed by atoms with Crippen LogP contribution in [0.2, 0.25) is 0 Å². The first-order chi connectivity index (χ1) is 13.1. The summed E-state index contributed by atoms with van der Waals surface area (Å²) in [5.41, 5.74) is 5.17. The summed E-state index contributed by atoms with van der Waals surface area (Å²) in [6, 6.07) is 10.5. The number of ether oxygens (including phenoxy) is 3. The summed E-state index contributed by atoms with van der Waals surface area (Å²) in [4.78, 5) is 2.25. The van der Waals surface area contributed by atoms with Gasteiger partial charge in [-0.15, -0.1) is 0 Å². The molecule has 0 bridgehead atoms. The lowest BCUT2D eigenvalue weighted by Crippen LogP contribution is -2.30. The van der Waals surface area contributed by atoms with E-state index in [4.69, 9.17) is 14.2 Å². The first kappa shape index (κ1) is 18.1. The lowest BCUT2D eigenvalue weighted by Gasteiger charge is -2.25. The van der Waals surface area contributed by atoms with Gasteiger partial charge in [0.2, 0.25) is 6.79 Å². The lowest BCUT2D eigenvalue weighted by molar-refractivity contribution is 0.117. The van der Waals surface area contributed by atoms with Crippen LogP contribution in [0.3, 0.4) is 0 Å². The highest BCUT2D eigenvalue weighted by atomic mass is 16.7. The Morgan fingerprint density at radius 3 is 2.63 bits per heavy atom. The van der Waals surface area contributed by atoms with E-state index >= 15 is 0 Å². The molecule has 0 spiro atoms. The summed E-state index contributed by atoms with van der Waals surface area (Å²) in [6.45, 7) is 4.15. The monoisotopic (exact) mass is 369 g/mol. The summed E-state index contributed by atoms with van der Waals surface area (Å²) in [6.07, 6.45) is 3.10. The van der Waals surface area contributed by atoms with Gasteiger partial charge >= 0.3 is 0 Å². The van der Waals surface area contributed by atoms with Gasteiger partial charge in [0.15, 0.2) is 11.5 Å². The van der Waals surface area contributed by atoms with Crippen LogP contribution in [0.15, 0.2) is 30.3 Å². The van der Waals surface area contributed by atoms with E-state index in [2.05, 4.69) is 23.1 Å². The predicted molar refractivity (Wildman–Crippen MR) is 103 cm³/mol. The second kappa shape index (κ2) is 7.79. The number of aliphatic hydroxyl groups excluding tert-OH is 1. The molecular formula is C22H27NO4. The minimum absolute atomic E-state index is 0.280. The Morgan fingerprint density at radius 2 is 1.85 bits per heavy atom. The SMILES string of the molecule is COc1cc2c(cc1CN(Cc1ccc3c(c1)OCO3)C[C@H](C)O)CCC2. The van der Waals surface area contributed by atoms with E-state index in [1.165, 1.54) is 23.1 Å². The fraction of sp³-hybridized carbons (Fsp3) is 0.455. The van der Waals surface area contributed by atoms with Gasteiger partial charge in [0.25, 0.3) is 0 Å². The molecule has 5 nitrogen and oxygen atoms in total. The Morgan fingerprint density at radius 1 is 1.07 bits per heavy atom. The van der Waals surface area contributed by atoms with Crippen LogP contribution in [0, 0.1) is 0 Å². The maximum absolute atomic E-state index is 10.00. The molecule has 1 N–H and O–H groups in total. The standard InChI is InChI=1S/C22H27NO4/c1-15(24)11-23(12-16-6-7-20-22(8-16)27-14-26-20)13-19-9-17-4-3-5-18(17)10-21(19)25-2/h6-10,15,24H,3-5,11-14H2,1-2H3/t15-/m0/s1. The van der Waals surface area contributed by atoms with Crippen LogP contribution in [-0.4, -0.2) is 36.6 Å². The molecular weight excluding hydrogens is 342 g/mol. The highest BCUT2D eigenvalue weighted by molar-refractivity contribution is 5.46. The molecule has 2 aliphatic rings. The average Bonchev–Trinajstić information content (AvgIpc) is 3.28. The molecule has 4 rings (SSSR count). The van der Waals surface area contributed by atoms with Crippen LogP contribution in [-0.2, 0) is 25.9 Å². The number of aliphatic hydroxyl groups is 1. The van der Waals surface area contributed by atoms with Crippen molar-refractivity contribution in [2.45, 2.75) is 45.4 Å². The molecule has 2 aromatic carbocycles. The van der Waals surface area contributed by atoms with Crippen molar-refractivity contribution < 1.29 is 19.3 Å². The van der Waals surface area contributed by atoms with Gasteiger partial charge in [0, 0.05) is 25.2 Å². The number of hydrogen-bond acceptors (Lipinski definition) is 5. The van der Waals surface area contributed by atoms with Gasteiger partial charge in [-0.05, 0) is 61.1 Å². The van der Waals surface area contributed by atoms with E-state index in [1.807, 2.05) is 19.1 Å². The quantitative estimate of drug-likeness (QED) is 0.812. The van der Waals surface area contributed by atoms with E-state index in [0.717, 1.165) is 48.7 Å². The molecule has 1 atom stereocenters. The number of aryl methyl sites for hydroxylation is 2. The van der Waals surface area contributed by atoms with E-state index in [0.29, 0.717) is 6.54 Å². The average molecular weight is 369 g/mol. The molecule has 0 amide bonds. The third-order valence-electron chi connectivity index (χ3n) is 5.25. The Kier molecular flexibility index (Phi) is 5.23. The molecule has 1 heterocycles. The zero-order chi connectivity index (χ0) is 18.8. The molecule has 0 radical (unpaired) electrons. The number of fused-ring (bicyclic) bond motifs is 2. The second-order valence-electron chi connectivity index (χ2n) is 7.49. The first-order valence-electron chi connectivity index (χ1n) is 9.60. The summed E-state index contributed by atoms with van der Waals surface area (Å²) < 4.78 is 16.6. The lowest BCUT2D eigenvalue weighted by atomic mass is 10.0. The zero-order valence-corrected chi connectivity index (χ0v) is 16.0. The number of hydrogen-bond donors (Lipinski definition) is 1. The topological polar surface area (TPSA) is 51.2 Å². The molecule has 0 fully saturated rings. The van der Waals surface area contributed by atoms with Crippen molar-refractivity contribution in [1.29, 1.82) is 0 Å². The number of nitrogens with zero attached hydrogens (tertiary/aromatic N) is 1. The van der Waals surface area contributed by atoms with Crippen molar-refractivity contribution in [1.82, 2.24) is 4.90 Å². The first-order valence-corrected chi connectivity index (χ1v) is 9.60. The number of methoxy groups -OCH3 is 1. The smallest absolute Gasteiger partial charge is 0.231 e. The molecule has 144 valence electrons. The van der Waals surface area contributed by atoms with Crippen molar-refractivity contribution >= 4 is 0 Å². The van der Waals surface area contributed by atoms with Crippen LogP contribution >= 0.6 is 0 Å². The van der Waals surface area contributed by atoms with Crippen molar-refractivity contribution in [2.24, 2.45) is 0 Å². The normalized spacial score (nSPS) is 15.9. The Bertz CT molecular complexity index is 818. The van der Waals surface area contributed by atoms with Crippen LogP contribution in [0.25, 0.3) is 0 Å². The molecule has 1 aliphatic carbocycles. The summed E-state index contributed by atoms with van der Waals surface area (Å²) in [5, 5.41) is 10.00. The molecule has 2 aromatic rings. The van der Waals surface area contributed by atoms with E-state index < -0.39 is 6.10 Å². The van der Waals surface area contributed by atoms with E-state index in [1.54, 1.807) is 7.11 Å². The van der Waals surface area contributed by atoms with Gasteiger partial charge in [0.05, 0.1) is 13.2 Å². The molecule has 0 saturated carbocycles. The highest BCUT2D eigenvalue weighted by Gasteiger charge is 2.19. The van der Waals surface area contributed by atoms with Crippen LogP contribution < -0.4 is 14.2 Å². The summed E-state index contributed by atoms with van der Waals surface area (Å²) >= 11 is 0. The van der Waals surface area contributed by atoms with Crippen molar-refractivity contribution in [3.63, 3.8) is 0 Å². The predicted octanol–water partition coefficient (Wildman–Crippen LogP) is 3.30. The van der Waals surface area contributed by atoms with Gasteiger partial charge in [-0.25, -0.2) is 0 Å². The van der Waals surface area contributed by atoms with Crippen molar-refractivity contribution in [3.05, 3.63) is 52.6 Å². The zero-order valence-electron chi connectivity index (χ0n) is 16.0. The van der Waals surface area contributed by atoms with Crippen molar-refractivity contribution in [3.8, 4) is 17.2 Å². The number of benzene rings is 2. The molecule has 5 heteroatoms. The summed E-state index contributed by atoms with van der Waals surface area (Å²) in [5.74, 6) is 2.53. The fourth-order valence-corrected chi connectivity index (χ4v) is 4.06. The van der Waals surface area contributed by atoms with Crippen LogP contribution in [0.4, 0.5) is 0 Å². The molecule has 0 unspecified atom stereocenters. The van der Waals surface area contributed by atoms with Gasteiger partial charge in [-0.2, -0.15) is 0 Å². The minimum atomic E-state index is -0.403. The Hall–Kier alpha value is -2.24. The third kappa shape index (κ3) is 4.04. The van der Waals surface area contributed by atoms with Gasteiger partial charge in [-0.1, -0.05) is 12.1 Å². The largest absolute Gasteiger partial charge is 0.496 e. The fourth-order valence-electron chi connectivity index (χ4n) is 4.06. The van der Waals surface area contributed by atoms with Crippen LogP contribution in [0.1, 0.15) is 35.6 Å². The van der Waals surface area contributed by atoms with Crippen molar-refractivity contribution in [2.75, 3.05) is 20.4 Å². The number of rotatable bonds is 7. The molecule has 0 saturated heterocycles. The molecule has 1 aliphatic heterocycles. The summed E-state index contributed by atoms with van der Waals surface area (Å²) in [7, 11) is 1.73. The minimum Gasteiger partial charge on any atom is -0.496 e. The highest BCUT2D eigenvalue weighted by Crippen LogP contribution is 2.34.